The molecule has 0 saturated carbocycles. The second-order valence-corrected chi connectivity index (χ2v) is 14.5. The van der Waals surface area contributed by atoms with Gasteiger partial charge in [0.2, 0.25) is 0 Å². The highest BCUT2D eigenvalue weighted by Gasteiger charge is 2.18. The second kappa shape index (κ2) is 13.2. The van der Waals surface area contributed by atoms with Crippen LogP contribution in [0.15, 0.2) is 217 Å². The van der Waals surface area contributed by atoms with Crippen LogP contribution in [0, 0.1) is 0 Å². The number of para-hydroxylation sites is 2. The molecule has 0 spiro atoms. The summed E-state index contributed by atoms with van der Waals surface area (Å²) >= 11 is 0. The van der Waals surface area contributed by atoms with Crippen LogP contribution in [0.25, 0.3) is 87.6 Å². The number of rotatable bonds is 6. The van der Waals surface area contributed by atoms with Crippen molar-refractivity contribution in [3.05, 3.63) is 212 Å². The van der Waals surface area contributed by atoms with Crippen LogP contribution in [0.4, 0.5) is 17.1 Å². The molecule has 0 N–H and O–H groups in total. The Morgan fingerprint density at radius 2 is 0.821 bits per heavy atom. The maximum Gasteiger partial charge on any atom is 0.143 e. The number of nitrogens with zero attached hydrogens (tertiary/aromatic N) is 1. The van der Waals surface area contributed by atoms with Crippen molar-refractivity contribution in [2.75, 3.05) is 4.90 Å². The maximum atomic E-state index is 6.50. The molecule has 10 aromatic carbocycles. The van der Waals surface area contributed by atoms with Gasteiger partial charge in [-0.2, -0.15) is 0 Å². The standard InChI is InChI=1S/C54H35NO/c1-3-19-44-36(12-1)14-9-22-47(44)39-15-7-17-42(34-39)55(43-18-8-16-40(35-43)48-24-11-26-52-51-21-5-6-27-53(51)56-54(48)52)41-31-28-38(29-32-41)46-23-10-25-49-45-20-4-2-13-37(45)30-33-50(46)49/h1-35H. The van der Waals surface area contributed by atoms with Crippen molar-refractivity contribution in [2.45, 2.75) is 0 Å². The van der Waals surface area contributed by atoms with Gasteiger partial charge < -0.3 is 9.32 Å². The molecule has 56 heavy (non-hydrogen) atoms. The van der Waals surface area contributed by atoms with Crippen molar-refractivity contribution < 1.29 is 4.42 Å². The van der Waals surface area contributed by atoms with Gasteiger partial charge in [-0.15, -0.1) is 0 Å². The van der Waals surface area contributed by atoms with E-state index in [-0.39, 0.29) is 0 Å². The summed E-state index contributed by atoms with van der Waals surface area (Å²) < 4.78 is 6.50. The third kappa shape index (κ3) is 5.34. The lowest BCUT2D eigenvalue weighted by molar-refractivity contribution is 0.670. The fourth-order valence-corrected chi connectivity index (χ4v) is 8.61. The van der Waals surface area contributed by atoms with Crippen molar-refractivity contribution in [3.63, 3.8) is 0 Å². The van der Waals surface area contributed by atoms with Gasteiger partial charge in [-0.25, -0.2) is 0 Å². The van der Waals surface area contributed by atoms with E-state index < -0.39 is 0 Å². The maximum absolute atomic E-state index is 6.50. The van der Waals surface area contributed by atoms with Crippen LogP contribution in [0.5, 0.6) is 0 Å². The lowest BCUT2D eigenvalue weighted by Crippen LogP contribution is -2.10. The Hall–Kier alpha value is -7.42. The van der Waals surface area contributed by atoms with E-state index in [0.29, 0.717) is 0 Å². The summed E-state index contributed by atoms with van der Waals surface area (Å²) in [5, 5.41) is 9.79. The summed E-state index contributed by atoms with van der Waals surface area (Å²) in [5.74, 6) is 0. The van der Waals surface area contributed by atoms with E-state index in [9.17, 15) is 0 Å². The molecule has 0 unspecified atom stereocenters. The minimum absolute atomic E-state index is 0.900. The van der Waals surface area contributed by atoms with E-state index in [0.717, 1.165) is 50.1 Å². The van der Waals surface area contributed by atoms with Crippen molar-refractivity contribution in [1.82, 2.24) is 0 Å². The molecule has 0 aliphatic heterocycles. The Balaban J connectivity index is 1.07. The highest BCUT2D eigenvalue weighted by molar-refractivity contribution is 6.12. The van der Waals surface area contributed by atoms with Gasteiger partial charge in [-0.05, 0) is 103 Å². The third-order valence-corrected chi connectivity index (χ3v) is 11.2. The van der Waals surface area contributed by atoms with Gasteiger partial charge in [-0.1, -0.05) is 170 Å². The van der Waals surface area contributed by atoms with Crippen molar-refractivity contribution in [3.8, 4) is 33.4 Å². The first-order valence-electron chi connectivity index (χ1n) is 19.2. The van der Waals surface area contributed by atoms with Crippen LogP contribution >= 0.6 is 0 Å². The first-order valence-corrected chi connectivity index (χ1v) is 19.2. The quantitative estimate of drug-likeness (QED) is 0.160. The van der Waals surface area contributed by atoms with Crippen molar-refractivity contribution in [2.24, 2.45) is 0 Å². The molecule has 0 atom stereocenters. The highest BCUT2D eigenvalue weighted by Crippen LogP contribution is 2.42. The van der Waals surface area contributed by atoms with E-state index in [1.807, 2.05) is 12.1 Å². The summed E-state index contributed by atoms with van der Waals surface area (Å²) in [5.41, 5.74) is 12.0. The minimum atomic E-state index is 0.900. The van der Waals surface area contributed by atoms with Crippen LogP contribution in [0.2, 0.25) is 0 Å². The Kier molecular flexibility index (Phi) is 7.53. The lowest BCUT2D eigenvalue weighted by Gasteiger charge is -2.27. The van der Waals surface area contributed by atoms with Gasteiger partial charge in [0, 0.05) is 33.4 Å². The summed E-state index contributed by atoms with van der Waals surface area (Å²) in [7, 11) is 0. The molecule has 11 rings (SSSR count). The van der Waals surface area contributed by atoms with Gasteiger partial charge in [0.15, 0.2) is 0 Å². The molecular formula is C54H35NO. The normalized spacial score (nSPS) is 11.6. The molecular weight excluding hydrogens is 679 g/mol. The molecule has 0 bridgehead atoms. The number of hydrogen-bond acceptors (Lipinski definition) is 2. The van der Waals surface area contributed by atoms with Gasteiger partial charge in [0.1, 0.15) is 11.2 Å². The Morgan fingerprint density at radius 3 is 1.59 bits per heavy atom. The van der Waals surface area contributed by atoms with Gasteiger partial charge >= 0.3 is 0 Å². The summed E-state index contributed by atoms with van der Waals surface area (Å²) in [4.78, 5) is 2.37. The predicted molar refractivity (Wildman–Crippen MR) is 237 cm³/mol. The monoisotopic (exact) mass is 713 g/mol. The first-order chi connectivity index (χ1) is 27.8. The van der Waals surface area contributed by atoms with Gasteiger partial charge in [0.05, 0.1) is 0 Å². The molecule has 0 radical (unpaired) electrons. The van der Waals surface area contributed by atoms with Crippen LogP contribution in [0.1, 0.15) is 0 Å². The molecule has 11 aromatic rings. The van der Waals surface area contributed by atoms with E-state index in [2.05, 4.69) is 205 Å². The molecule has 0 aliphatic carbocycles. The number of furan rings is 1. The molecule has 1 heterocycles. The van der Waals surface area contributed by atoms with E-state index in [4.69, 9.17) is 4.42 Å². The molecule has 0 amide bonds. The molecule has 2 nitrogen and oxygen atoms in total. The number of anilines is 3. The average Bonchev–Trinajstić information content (AvgIpc) is 3.66. The molecule has 0 aliphatic rings. The zero-order valence-corrected chi connectivity index (χ0v) is 30.6. The van der Waals surface area contributed by atoms with Crippen molar-refractivity contribution in [1.29, 1.82) is 0 Å². The average molecular weight is 714 g/mol. The molecule has 2 heteroatoms. The lowest BCUT2D eigenvalue weighted by atomic mass is 9.94. The SMILES string of the molecule is c1cc(-c2cccc3ccccc23)cc(N(c2ccc(-c3cccc4c3ccc3ccccc34)cc2)c2cccc(-c3cccc4c3oc3ccccc34)c2)c1. The number of hydrogen-bond donors (Lipinski definition) is 0. The first kappa shape index (κ1) is 32.0. The summed E-state index contributed by atoms with van der Waals surface area (Å²) in [6, 6.07) is 76.5. The fraction of sp³-hybridized carbons (Fsp3) is 0. The summed E-state index contributed by atoms with van der Waals surface area (Å²) in [6.45, 7) is 0. The van der Waals surface area contributed by atoms with E-state index in [1.165, 1.54) is 54.6 Å². The number of benzene rings is 10. The molecule has 0 saturated heterocycles. The number of fused-ring (bicyclic) bond motifs is 7. The minimum Gasteiger partial charge on any atom is -0.455 e. The molecule has 1 aromatic heterocycles. The third-order valence-electron chi connectivity index (χ3n) is 11.2. The second-order valence-electron chi connectivity index (χ2n) is 14.5. The summed E-state index contributed by atoms with van der Waals surface area (Å²) in [6.07, 6.45) is 0. The zero-order chi connectivity index (χ0) is 37.0. The molecule has 0 fully saturated rings. The Bertz CT molecular complexity index is 3260. The smallest absolute Gasteiger partial charge is 0.143 e. The van der Waals surface area contributed by atoms with Crippen LogP contribution in [-0.2, 0) is 0 Å². The Morgan fingerprint density at radius 1 is 0.286 bits per heavy atom. The highest BCUT2D eigenvalue weighted by atomic mass is 16.3. The van der Waals surface area contributed by atoms with Gasteiger partial charge in [-0.3, -0.25) is 0 Å². The van der Waals surface area contributed by atoms with Crippen LogP contribution in [-0.4, -0.2) is 0 Å². The van der Waals surface area contributed by atoms with Crippen LogP contribution in [0.3, 0.4) is 0 Å². The van der Waals surface area contributed by atoms with Crippen LogP contribution < -0.4 is 4.90 Å². The topological polar surface area (TPSA) is 16.4 Å². The largest absolute Gasteiger partial charge is 0.455 e. The van der Waals surface area contributed by atoms with E-state index in [1.54, 1.807) is 0 Å². The van der Waals surface area contributed by atoms with Gasteiger partial charge in [0.25, 0.3) is 0 Å². The zero-order valence-electron chi connectivity index (χ0n) is 30.6. The van der Waals surface area contributed by atoms with Crippen molar-refractivity contribution >= 4 is 71.3 Å². The van der Waals surface area contributed by atoms with E-state index >= 15 is 0 Å². The predicted octanol–water partition coefficient (Wildman–Crippen LogP) is 15.5. The Labute approximate surface area is 325 Å². The fourth-order valence-electron chi connectivity index (χ4n) is 8.61. The molecule has 262 valence electrons.